The molecule has 0 saturated carbocycles. The Morgan fingerprint density at radius 3 is 2.42 bits per heavy atom. The molecule has 0 radical (unpaired) electrons. The van der Waals surface area contributed by atoms with Crippen molar-refractivity contribution in [2.45, 2.75) is 33.2 Å². The molecule has 1 aromatic carbocycles. The van der Waals surface area contributed by atoms with E-state index in [1.54, 1.807) is 0 Å². The van der Waals surface area contributed by atoms with Gasteiger partial charge < -0.3 is 11.1 Å². The van der Waals surface area contributed by atoms with Crippen LogP contribution >= 0.6 is 0 Å². The highest BCUT2D eigenvalue weighted by Gasteiger charge is 2.12. The van der Waals surface area contributed by atoms with Crippen LogP contribution in [0, 0.1) is 17.8 Å². The standard InChI is InChI=1S/C16H22N2O/c1-3-15(4-2)16(19)18-12-14-9-7-13(8-10-14)6-5-11-17/h7-10,15H,3-4,11-12,17H2,1-2H3,(H,18,19). The molecule has 0 aliphatic carbocycles. The number of nitrogens with one attached hydrogen (secondary N) is 1. The number of hydrogen-bond donors (Lipinski definition) is 2. The lowest BCUT2D eigenvalue weighted by atomic mass is 10.0. The predicted molar refractivity (Wildman–Crippen MR) is 78.3 cm³/mol. The van der Waals surface area contributed by atoms with Gasteiger partial charge in [-0.05, 0) is 30.5 Å². The van der Waals surface area contributed by atoms with Gasteiger partial charge in [-0.2, -0.15) is 0 Å². The average molecular weight is 258 g/mol. The Kier molecular flexibility index (Phi) is 6.70. The lowest BCUT2D eigenvalue weighted by Gasteiger charge is -2.12. The summed E-state index contributed by atoms with van der Waals surface area (Å²) in [5.74, 6) is 6.04. The molecule has 0 spiro atoms. The third kappa shape index (κ3) is 5.15. The van der Waals surface area contributed by atoms with Crippen molar-refractivity contribution in [2.24, 2.45) is 11.7 Å². The second-order valence-electron chi connectivity index (χ2n) is 4.43. The Bertz CT molecular complexity index is 450. The van der Waals surface area contributed by atoms with Gasteiger partial charge in [-0.1, -0.05) is 37.8 Å². The number of hydrogen-bond acceptors (Lipinski definition) is 2. The third-order valence-electron chi connectivity index (χ3n) is 3.11. The number of amides is 1. The second-order valence-corrected chi connectivity index (χ2v) is 4.43. The van der Waals surface area contributed by atoms with Crippen molar-refractivity contribution < 1.29 is 4.79 Å². The zero-order chi connectivity index (χ0) is 14.1. The lowest BCUT2D eigenvalue weighted by molar-refractivity contribution is -0.125. The van der Waals surface area contributed by atoms with Gasteiger partial charge in [0.15, 0.2) is 0 Å². The SMILES string of the molecule is CCC(CC)C(=O)NCc1ccc(C#CCN)cc1. The summed E-state index contributed by atoms with van der Waals surface area (Å²) in [7, 11) is 0. The summed E-state index contributed by atoms with van der Waals surface area (Å²) in [6.07, 6.45) is 1.77. The van der Waals surface area contributed by atoms with Crippen LogP contribution in [0.4, 0.5) is 0 Å². The van der Waals surface area contributed by atoms with Crippen LogP contribution < -0.4 is 11.1 Å². The fourth-order valence-electron chi connectivity index (χ4n) is 1.85. The van der Waals surface area contributed by atoms with Crippen LogP contribution in [0.3, 0.4) is 0 Å². The number of benzene rings is 1. The Hall–Kier alpha value is -1.79. The molecule has 19 heavy (non-hydrogen) atoms. The molecular formula is C16H22N2O. The minimum atomic E-state index is 0.120. The van der Waals surface area contributed by atoms with E-state index in [1.165, 1.54) is 0 Å². The van der Waals surface area contributed by atoms with E-state index in [0.717, 1.165) is 24.0 Å². The van der Waals surface area contributed by atoms with Crippen molar-refractivity contribution in [3.05, 3.63) is 35.4 Å². The molecule has 0 atom stereocenters. The van der Waals surface area contributed by atoms with E-state index in [0.29, 0.717) is 13.1 Å². The van der Waals surface area contributed by atoms with Crippen LogP contribution in [-0.4, -0.2) is 12.5 Å². The quantitative estimate of drug-likeness (QED) is 0.794. The molecule has 0 saturated heterocycles. The maximum atomic E-state index is 11.8. The first-order chi connectivity index (χ1) is 9.21. The number of nitrogens with two attached hydrogens (primary N) is 1. The molecule has 0 heterocycles. The number of carbonyl (C=O) groups is 1. The van der Waals surface area contributed by atoms with Gasteiger partial charge in [-0.15, -0.1) is 0 Å². The van der Waals surface area contributed by atoms with E-state index in [-0.39, 0.29) is 11.8 Å². The van der Waals surface area contributed by atoms with Crippen molar-refractivity contribution in [2.75, 3.05) is 6.54 Å². The number of rotatable bonds is 5. The molecule has 1 rings (SSSR count). The first kappa shape index (κ1) is 15.3. The van der Waals surface area contributed by atoms with Crippen LogP contribution in [0.15, 0.2) is 24.3 Å². The first-order valence-corrected chi connectivity index (χ1v) is 6.76. The molecule has 1 amide bonds. The Labute approximate surface area is 115 Å². The molecule has 0 aliphatic heterocycles. The van der Waals surface area contributed by atoms with E-state index in [1.807, 2.05) is 38.1 Å². The van der Waals surface area contributed by atoms with Crippen LogP contribution in [0.1, 0.15) is 37.8 Å². The summed E-state index contributed by atoms with van der Waals surface area (Å²) in [5, 5.41) is 2.97. The normalized spacial score (nSPS) is 9.89. The molecule has 0 unspecified atom stereocenters. The summed E-state index contributed by atoms with van der Waals surface area (Å²) in [5.41, 5.74) is 7.35. The third-order valence-corrected chi connectivity index (χ3v) is 3.11. The summed E-state index contributed by atoms with van der Waals surface area (Å²) in [6.45, 7) is 5.02. The average Bonchev–Trinajstić information content (AvgIpc) is 2.45. The molecule has 1 aromatic rings. The lowest BCUT2D eigenvalue weighted by Crippen LogP contribution is -2.29. The zero-order valence-electron chi connectivity index (χ0n) is 11.7. The second kappa shape index (κ2) is 8.34. The molecule has 0 aromatic heterocycles. The summed E-state index contributed by atoms with van der Waals surface area (Å²) in [6, 6.07) is 7.85. The Balaban J connectivity index is 2.52. The fraction of sp³-hybridized carbons (Fsp3) is 0.438. The monoisotopic (exact) mass is 258 g/mol. The molecule has 102 valence electrons. The highest BCUT2D eigenvalue weighted by Crippen LogP contribution is 2.08. The maximum Gasteiger partial charge on any atom is 0.223 e. The minimum absolute atomic E-state index is 0.120. The van der Waals surface area contributed by atoms with Gasteiger partial charge in [0.2, 0.25) is 5.91 Å². The maximum absolute atomic E-state index is 11.8. The highest BCUT2D eigenvalue weighted by molar-refractivity contribution is 5.78. The smallest absolute Gasteiger partial charge is 0.223 e. The summed E-state index contributed by atoms with van der Waals surface area (Å²) in [4.78, 5) is 11.8. The molecule has 3 nitrogen and oxygen atoms in total. The molecule has 0 aliphatic rings. The molecule has 3 N–H and O–H groups in total. The van der Waals surface area contributed by atoms with Crippen molar-refractivity contribution in [1.82, 2.24) is 5.32 Å². The van der Waals surface area contributed by atoms with Crippen LogP contribution in [0.2, 0.25) is 0 Å². The summed E-state index contributed by atoms with van der Waals surface area (Å²) >= 11 is 0. The van der Waals surface area contributed by atoms with Crippen molar-refractivity contribution in [3.63, 3.8) is 0 Å². The molecule has 3 heteroatoms. The first-order valence-electron chi connectivity index (χ1n) is 6.76. The summed E-state index contributed by atoms with van der Waals surface area (Å²) < 4.78 is 0. The van der Waals surface area contributed by atoms with E-state index < -0.39 is 0 Å². The van der Waals surface area contributed by atoms with Crippen molar-refractivity contribution in [3.8, 4) is 11.8 Å². The van der Waals surface area contributed by atoms with Gasteiger partial charge in [0, 0.05) is 18.0 Å². The minimum Gasteiger partial charge on any atom is -0.352 e. The topological polar surface area (TPSA) is 55.1 Å². The number of carbonyl (C=O) groups excluding carboxylic acids is 1. The fourth-order valence-corrected chi connectivity index (χ4v) is 1.85. The predicted octanol–water partition coefficient (Wildman–Crippen LogP) is 2.05. The van der Waals surface area contributed by atoms with Crippen LogP contribution in [0.25, 0.3) is 0 Å². The molecule has 0 bridgehead atoms. The van der Waals surface area contributed by atoms with Crippen LogP contribution in [-0.2, 0) is 11.3 Å². The Morgan fingerprint density at radius 2 is 1.89 bits per heavy atom. The van der Waals surface area contributed by atoms with E-state index in [4.69, 9.17) is 5.73 Å². The van der Waals surface area contributed by atoms with E-state index >= 15 is 0 Å². The van der Waals surface area contributed by atoms with Gasteiger partial charge >= 0.3 is 0 Å². The highest BCUT2D eigenvalue weighted by atomic mass is 16.1. The van der Waals surface area contributed by atoms with Gasteiger partial charge in [0.1, 0.15) is 0 Å². The van der Waals surface area contributed by atoms with Crippen molar-refractivity contribution >= 4 is 5.91 Å². The molecular weight excluding hydrogens is 236 g/mol. The largest absolute Gasteiger partial charge is 0.352 e. The van der Waals surface area contributed by atoms with Crippen molar-refractivity contribution in [1.29, 1.82) is 0 Å². The van der Waals surface area contributed by atoms with Gasteiger partial charge in [-0.3, -0.25) is 4.79 Å². The van der Waals surface area contributed by atoms with E-state index in [9.17, 15) is 4.79 Å². The van der Waals surface area contributed by atoms with Crippen LogP contribution in [0.5, 0.6) is 0 Å². The zero-order valence-corrected chi connectivity index (χ0v) is 11.7. The van der Waals surface area contributed by atoms with E-state index in [2.05, 4.69) is 17.2 Å². The van der Waals surface area contributed by atoms with Gasteiger partial charge in [-0.25, -0.2) is 0 Å². The van der Waals surface area contributed by atoms with Gasteiger partial charge in [0.25, 0.3) is 0 Å². The Morgan fingerprint density at radius 1 is 1.26 bits per heavy atom. The molecule has 0 fully saturated rings. The van der Waals surface area contributed by atoms with Gasteiger partial charge in [0.05, 0.1) is 6.54 Å².